The zero-order valence-corrected chi connectivity index (χ0v) is 36.5. The molecule has 0 rings (SSSR count). The topological polar surface area (TPSA) is 46.2 Å². The maximum Gasteiger partial charge on any atom is 0.373 e. The third kappa shape index (κ3) is 28.2. The second kappa shape index (κ2) is 36.4. The first-order valence-electron chi connectivity index (χ1n) is 23.0. The number of rotatable bonds is 42. The molecule has 0 heterocycles. The summed E-state index contributed by atoms with van der Waals surface area (Å²) in [4.78, 5) is 4.97. The normalized spacial score (nSPS) is 14.5. The van der Waals surface area contributed by atoms with Crippen molar-refractivity contribution in [1.29, 1.82) is 0 Å². The molecule has 0 spiro atoms. The zero-order chi connectivity index (χ0) is 38.6. The molecule has 5 nitrogen and oxygen atoms in total. The van der Waals surface area contributed by atoms with E-state index in [1.165, 1.54) is 89.9 Å². The van der Waals surface area contributed by atoms with Crippen LogP contribution in [0, 0.1) is 17.8 Å². The Bertz CT molecular complexity index is 719. The Morgan fingerprint density at radius 3 is 1.00 bits per heavy atom. The fourth-order valence-electron chi connectivity index (χ4n) is 6.99. The Morgan fingerprint density at radius 2 is 0.654 bits per heavy atom. The van der Waals surface area contributed by atoms with Crippen LogP contribution in [0.4, 0.5) is 4.53 Å². The molecule has 0 fully saturated rings. The minimum absolute atomic E-state index is 0.344. The molecule has 314 valence electrons. The summed E-state index contributed by atoms with van der Waals surface area (Å²) in [6, 6.07) is 0. The van der Waals surface area contributed by atoms with Crippen LogP contribution in [0.2, 0.25) is 0 Å². The second-order valence-corrected chi connectivity index (χ2v) is 17.2. The fourth-order valence-corrected chi connectivity index (χ4v) is 6.99. The number of hydrogen-bond donors (Lipinski definition) is 0. The Hall–Kier alpha value is -0.270. The highest BCUT2D eigenvalue weighted by Gasteiger charge is 2.60. The van der Waals surface area contributed by atoms with Crippen LogP contribution in [0.1, 0.15) is 242 Å². The van der Waals surface area contributed by atoms with Gasteiger partial charge in [-0.15, -0.1) is 4.94 Å². The van der Waals surface area contributed by atoms with Gasteiger partial charge in [-0.3, -0.25) is 0 Å². The van der Waals surface area contributed by atoms with E-state index in [9.17, 15) is 0 Å². The summed E-state index contributed by atoms with van der Waals surface area (Å²) < 4.78 is 42.1. The van der Waals surface area contributed by atoms with Gasteiger partial charge in [0, 0.05) is 6.42 Å². The molecule has 0 aromatic heterocycles. The van der Waals surface area contributed by atoms with Crippen LogP contribution < -0.4 is 0 Å². The molecule has 0 bridgehead atoms. The summed E-state index contributed by atoms with van der Waals surface area (Å²) in [6.07, 6.45) is 32.1. The number of hydrogen-bond acceptors (Lipinski definition) is 5. The summed E-state index contributed by atoms with van der Waals surface area (Å²) >= 11 is 0. The Kier molecular flexibility index (Phi) is 36.2. The lowest BCUT2D eigenvalue weighted by molar-refractivity contribution is -0.542. The Labute approximate surface area is 325 Å². The van der Waals surface area contributed by atoms with Gasteiger partial charge in [0.05, 0.1) is 26.4 Å². The van der Waals surface area contributed by atoms with E-state index < -0.39 is 11.8 Å². The second-order valence-electron chi connectivity index (χ2n) is 17.2. The summed E-state index contributed by atoms with van der Waals surface area (Å²) in [7, 11) is 0. The molecule has 0 aromatic rings. The van der Waals surface area contributed by atoms with Crippen molar-refractivity contribution in [1.82, 2.24) is 0 Å². The minimum Gasteiger partial charge on any atom is -0.343 e. The lowest BCUT2D eigenvalue weighted by Crippen LogP contribution is -2.62. The lowest BCUT2D eigenvalue weighted by atomic mass is 10.00. The molecule has 2 unspecified atom stereocenters. The lowest BCUT2D eigenvalue weighted by Gasteiger charge is -2.45. The molecule has 0 radical (unpaired) electrons. The third-order valence-electron chi connectivity index (χ3n) is 10.5. The van der Waals surface area contributed by atoms with Crippen LogP contribution in [-0.4, -0.2) is 38.2 Å². The molecular weight excluding hydrogens is 651 g/mol. The highest BCUT2D eigenvalue weighted by Crippen LogP contribution is 2.40. The van der Waals surface area contributed by atoms with Gasteiger partial charge < -0.3 is 18.9 Å². The van der Waals surface area contributed by atoms with Crippen molar-refractivity contribution < 1.29 is 28.4 Å². The van der Waals surface area contributed by atoms with Gasteiger partial charge in [0.1, 0.15) is 0 Å². The quantitative estimate of drug-likeness (QED) is 0.0460. The number of halogens is 1. The first-order valence-corrected chi connectivity index (χ1v) is 23.0. The maximum atomic E-state index is 15.5. The average molecular weight is 745 g/mol. The fraction of sp³-hybridized carbons (Fsp3) is 1.00. The monoisotopic (exact) mass is 745 g/mol. The predicted octanol–water partition coefficient (Wildman–Crippen LogP) is 15.6. The molecule has 0 amide bonds. The van der Waals surface area contributed by atoms with E-state index >= 15 is 4.53 Å². The van der Waals surface area contributed by atoms with Crippen LogP contribution in [0.5, 0.6) is 0 Å². The van der Waals surface area contributed by atoms with Crippen molar-refractivity contribution in [3.05, 3.63) is 0 Å². The minimum atomic E-state index is -2.05. The third-order valence-corrected chi connectivity index (χ3v) is 10.5. The van der Waals surface area contributed by atoms with Crippen LogP contribution in [-0.2, 0) is 23.9 Å². The van der Waals surface area contributed by atoms with Gasteiger partial charge in [-0.05, 0) is 54.4 Å². The van der Waals surface area contributed by atoms with Crippen molar-refractivity contribution in [3.63, 3.8) is 0 Å². The van der Waals surface area contributed by atoms with Crippen molar-refractivity contribution in [2.24, 2.45) is 17.8 Å². The first-order chi connectivity index (χ1) is 25.2. The smallest absolute Gasteiger partial charge is 0.343 e. The largest absolute Gasteiger partial charge is 0.373 e. The highest BCUT2D eigenvalue weighted by atomic mass is 19.3. The molecule has 0 aromatic carbocycles. The van der Waals surface area contributed by atoms with Gasteiger partial charge in [-0.2, -0.15) is 0 Å². The van der Waals surface area contributed by atoms with Crippen molar-refractivity contribution >= 4 is 0 Å². The standard InChI is InChI=1S/C46H93FO5/c1-9-11-13-15-17-19-22-31-40-50-46(52-47,51-41-32-23-20-26-34-42(3)4)45(37-29-24-27-35-43(5)6,49-39-33-25-28-36-44(7)8)48-38-30-21-18-16-14-12-10-2/h42-44H,9-41H2,1-8H3. The van der Waals surface area contributed by atoms with Gasteiger partial charge in [0.25, 0.3) is 5.79 Å². The molecule has 0 aliphatic heterocycles. The molecule has 0 saturated heterocycles. The molecular formula is C46H93FO5. The van der Waals surface area contributed by atoms with E-state index in [0.29, 0.717) is 50.6 Å². The SMILES string of the molecule is CCCCCCCCCCOC(OF)(OCCCCCCC(C)C)C(CCCCCC(C)C)(OCCCCCCCCC)OCCCCCC(C)C. The maximum absolute atomic E-state index is 15.5. The molecule has 52 heavy (non-hydrogen) atoms. The van der Waals surface area contributed by atoms with Gasteiger partial charge in [0.2, 0.25) is 0 Å². The van der Waals surface area contributed by atoms with Crippen molar-refractivity contribution in [2.45, 2.75) is 253 Å². The molecule has 0 saturated carbocycles. The van der Waals surface area contributed by atoms with Gasteiger partial charge in [0.15, 0.2) is 0 Å². The van der Waals surface area contributed by atoms with Crippen molar-refractivity contribution in [3.8, 4) is 0 Å². The van der Waals surface area contributed by atoms with E-state index in [1.807, 2.05) is 0 Å². The highest BCUT2D eigenvalue weighted by molar-refractivity contribution is 4.84. The van der Waals surface area contributed by atoms with E-state index in [-0.39, 0.29) is 0 Å². The first kappa shape index (κ1) is 51.7. The average Bonchev–Trinajstić information content (AvgIpc) is 3.11. The summed E-state index contributed by atoms with van der Waals surface area (Å²) in [5, 5.41) is 0. The van der Waals surface area contributed by atoms with Crippen LogP contribution in [0.15, 0.2) is 0 Å². The van der Waals surface area contributed by atoms with E-state index in [2.05, 4.69) is 55.4 Å². The number of unbranched alkanes of at least 4 members (excludes halogenated alkanes) is 20. The summed E-state index contributed by atoms with van der Waals surface area (Å²) in [5.74, 6) is -1.47. The molecule has 0 aliphatic rings. The van der Waals surface area contributed by atoms with Gasteiger partial charge in [-0.25, -0.2) is 0 Å². The van der Waals surface area contributed by atoms with E-state index in [1.54, 1.807) is 0 Å². The van der Waals surface area contributed by atoms with Crippen LogP contribution in [0.25, 0.3) is 0 Å². The molecule has 6 heteroatoms. The van der Waals surface area contributed by atoms with Gasteiger partial charge in [-0.1, -0.05) is 203 Å². The Morgan fingerprint density at radius 1 is 0.365 bits per heavy atom. The van der Waals surface area contributed by atoms with Crippen LogP contribution in [0.3, 0.4) is 0 Å². The molecule has 0 aliphatic carbocycles. The van der Waals surface area contributed by atoms with Crippen LogP contribution >= 0.6 is 0 Å². The van der Waals surface area contributed by atoms with Gasteiger partial charge >= 0.3 is 5.97 Å². The summed E-state index contributed by atoms with van der Waals surface area (Å²) in [5.41, 5.74) is 0. The van der Waals surface area contributed by atoms with E-state index in [0.717, 1.165) is 89.9 Å². The van der Waals surface area contributed by atoms with Crippen molar-refractivity contribution in [2.75, 3.05) is 26.4 Å². The summed E-state index contributed by atoms with van der Waals surface area (Å²) in [6.45, 7) is 19.8. The zero-order valence-electron chi connectivity index (χ0n) is 36.5. The Balaban J connectivity index is 6.10. The number of ether oxygens (including phenoxy) is 4. The van der Waals surface area contributed by atoms with E-state index in [4.69, 9.17) is 23.9 Å². The molecule has 0 N–H and O–H groups in total. The predicted molar refractivity (Wildman–Crippen MR) is 221 cm³/mol. The molecule has 2 atom stereocenters.